The number of anilines is 1. The first-order valence-electron chi connectivity index (χ1n) is 14.8. The van der Waals surface area contributed by atoms with Gasteiger partial charge in [0.2, 0.25) is 5.56 Å². The highest BCUT2D eigenvalue weighted by Gasteiger charge is 2.34. The van der Waals surface area contributed by atoms with Crippen molar-refractivity contribution in [3.8, 4) is 5.75 Å². The Kier molecular flexibility index (Phi) is 10.7. The third-order valence-electron chi connectivity index (χ3n) is 7.83. The average molecular weight is 644 g/mol. The lowest BCUT2D eigenvalue weighted by atomic mass is 10.1. The lowest BCUT2D eigenvalue weighted by molar-refractivity contribution is -0.943. The maximum absolute atomic E-state index is 12.6. The van der Waals surface area contributed by atoms with Gasteiger partial charge in [-0.25, -0.2) is 0 Å². The van der Waals surface area contributed by atoms with Gasteiger partial charge in [-0.15, -0.1) is 11.3 Å². The number of nitrogens with one attached hydrogen (secondary N) is 1. The van der Waals surface area contributed by atoms with Gasteiger partial charge < -0.3 is 28.8 Å². The number of unbranched alkanes of at least 4 members (excludes halogenated alkanes) is 1. The molecule has 44 heavy (non-hydrogen) atoms. The number of nitrogens with zero attached hydrogens (tertiary/aromatic N) is 2. The number of esters is 1. The number of thiophene rings is 1. The Morgan fingerprint density at radius 1 is 1.02 bits per heavy atom. The maximum Gasteiger partial charge on any atom is 0.302 e. The van der Waals surface area contributed by atoms with E-state index in [1.807, 2.05) is 18.2 Å². The van der Waals surface area contributed by atoms with Crippen LogP contribution in [-0.4, -0.2) is 74.7 Å². The normalized spacial score (nSPS) is 16.2. The smallest absolute Gasteiger partial charge is 0.302 e. The van der Waals surface area contributed by atoms with E-state index in [0.717, 1.165) is 43.4 Å². The summed E-state index contributed by atoms with van der Waals surface area (Å²) in [4.78, 5) is 40.3. The number of hydrogen-bond acceptors (Lipinski definition) is 10. The molecule has 1 aliphatic rings. The van der Waals surface area contributed by atoms with Crippen LogP contribution in [0.15, 0.2) is 64.8 Å². The number of carbonyl (C=O) groups is 1. The maximum atomic E-state index is 12.6. The summed E-state index contributed by atoms with van der Waals surface area (Å²) in [5.74, 6) is 0.257. The third kappa shape index (κ3) is 8.68. The van der Waals surface area contributed by atoms with Crippen LogP contribution in [0.4, 0.5) is 5.69 Å². The lowest BCUT2D eigenvalue weighted by Gasteiger charge is -2.46. The molecule has 0 amide bonds. The van der Waals surface area contributed by atoms with Gasteiger partial charge in [0.15, 0.2) is 6.73 Å². The molecule has 13 heteroatoms. The number of phosphoric ester groups is 1. The van der Waals surface area contributed by atoms with Crippen LogP contribution in [0, 0.1) is 0 Å². The molecule has 0 aliphatic carbocycles. The second-order valence-corrected chi connectivity index (χ2v) is 13.3. The van der Waals surface area contributed by atoms with Crippen molar-refractivity contribution in [2.24, 2.45) is 0 Å². The Bertz CT molecular complexity index is 1670. The molecule has 0 saturated carbocycles. The van der Waals surface area contributed by atoms with Crippen molar-refractivity contribution in [3.63, 3.8) is 0 Å². The minimum atomic E-state index is -4.54. The van der Waals surface area contributed by atoms with Gasteiger partial charge in [0, 0.05) is 41.3 Å². The molecule has 1 N–H and O–H groups in total. The number of piperazine rings is 1. The molecule has 2 aromatic carbocycles. The van der Waals surface area contributed by atoms with Gasteiger partial charge in [0.05, 0.1) is 58.1 Å². The summed E-state index contributed by atoms with van der Waals surface area (Å²) in [6.07, 6.45) is 1.83. The van der Waals surface area contributed by atoms with E-state index in [-0.39, 0.29) is 31.9 Å². The summed E-state index contributed by atoms with van der Waals surface area (Å²) in [5.41, 5.74) is 1.76. The molecule has 1 atom stereocenters. The number of aromatic amines is 1. The number of hydrogen-bond donors (Lipinski definition) is 1. The fourth-order valence-electron chi connectivity index (χ4n) is 5.44. The van der Waals surface area contributed by atoms with Crippen LogP contribution in [0.25, 0.3) is 21.0 Å². The van der Waals surface area contributed by atoms with E-state index in [1.54, 1.807) is 17.4 Å². The molecule has 3 heterocycles. The fraction of sp³-hybridized carbons (Fsp3) is 0.419. The Morgan fingerprint density at radius 2 is 1.84 bits per heavy atom. The van der Waals surface area contributed by atoms with Gasteiger partial charge in [-0.3, -0.25) is 23.2 Å². The number of H-pyrrole nitrogens is 1. The van der Waals surface area contributed by atoms with Crippen molar-refractivity contribution in [3.05, 3.63) is 70.3 Å². The number of carbonyl (C=O) groups excluding carboxylic acids is 1. The van der Waals surface area contributed by atoms with Crippen LogP contribution in [0.3, 0.4) is 0 Å². The number of quaternary nitrogens is 1. The monoisotopic (exact) mass is 643 g/mol. The highest BCUT2D eigenvalue weighted by Crippen LogP contribution is 2.40. The molecule has 1 fully saturated rings. The van der Waals surface area contributed by atoms with Gasteiger partial charge in [-0.05, 0) is 60.0 Å². The minimum absolute atomic E-state index is 0.0138. The molecule has 1 unspecified atom stereocenters. The standard InChI is InChI=1S/C31H38N3O8PS/c1-24(35)39-19-5-20-41-43(37,38)42-23-34(16-13-33(14-17-34)29-6-4-7-30-27(29)12-21-44-30)15-2-3-18-40-26-10-8-25-9-11-31(36)32-28(25)22-26/h4,6-12,21-22H,2-3,5,13-20,23H2,1H3,(H-,32,36,37,38). The van der Waals surface area contributed by atoms with E-state index >= 15 is 0 Å². The molecule has 11 nitrogen and oxygen atoms in total. The molecule has 1 saturated heterocycles. The molecule has 0 radical (unpaired) electrons. The summed E-state index contributed by atoms with van der Waals surface area (Å²) in [5, 5.41) is 4.26. The SMILES string of the molecule is CC(=O)OCCCOP(=O)([O-])OC[N+]1(CCCCOc2ccc3ccc(=O)[nH]c3c2)CCN(c2cccc3sccc23)CC1. The van der Waals surface area contributed by atoms with E-state index in [1.165, 1.54) is 28.8 Å². The first-order valence-corrected chi connectivity index (χ1v) is 17.1. The predicted octanol–water partition coefficient (Wildman–Crippen LogP) is 4.65. The number of aromatic nitrogens is 1. The molecule has 2 aromatic heterocycles. The quantitative estimate of drug-likeness (QED) is 0.0852. The van der Waals surface area contributed by atoms with E-state index in [0.29, 0.717) is 29.9 Å². The molecule has 1 aliphatic heterocycles. The van der Waals surface area contributed by atoms with Crippen molar-refractivity contribution < 1.29 is 37.3 Å². The van der Waals surface area contributed by atoms with Crippen molar-refractivity contribution in [1.82, 2.24) is 4.98 Å². The summed E-state index contributed by atoms with van der Waals surface area (Å²) < 4.78 is 35.6. The van der Waals surface area contributed by atoms with Crippen LogP contribution in [-0.2, 0) is 23.1 Å². The van der Waals surface area contributed by atoms with Crippen molar-refractivity contribution >= 4 is 51.8 Å². The van der Waals surface area contributed by atoms with Gasteiger partial charge in [0.1, 0.15) is 5.75 Å². The number of rotatable bonds is 15. The largest absolute Gasteiger partial charge is 0.756 e. The zero-order valence-corrected chi connectivity index (χ0v) is 26.5. The summed E-state index contributed by atoms with van der Waals surface area (Å²) in [6.45, 7) is 5.40. The molecular weight excluding hydrogens is 605 g/mol. The lowest BCUT2D eigenvalue weighted by Crippen LogP contribution is -2.61. The van der Waals surface area contributed by atoms with E-state index in [4.69, 9.17) is 18.5 Å². The molecule has 4 aromatic rings. The van der Waals surface area contributed by atoms with Crippen molar-refractivity contribution in [2.45, 2.75) is 26.2 Å². The Labute approximate surface area is 260 Å². The number of phosphoric acid groups is 1. The van der Waals surface area contributed by atoms with E-state index < -0.39 is 13.8 Å². The molecule has 5 rings (SSSR count). The summed E-state index contributed by atoms with van der Waals surface area (Å²) >= 11 is 1.72. The Balaban J connectivity index is 1.17. The predicted molar refractivity (Wildman–Crippen MR) is 169 cm³/mol. The Morgan fingerprint density at radius 3 is 2.66 bits per heavy atom. The zero-order valence-electron chi connectivity index (χ0n) is 24.8. The van der Waals surface area contributed by atoms with Gasteiger partial charge in [0.25, 0.3) is 7.82 Å². The second kappa shape index (κ2) is 14.7. The molecule has 0 bridgehead atoms. The van der Waals surface area contributed by atoms with Crippen LogP contribution >= 0.6 is 19.2 Å². The minimum Gasteiger partial charge on any atom is -0.756 e. The average Bonchev–Trinajstić information content (AvgIpc) is 3.49. The number of ether oxygens (including phenoxy) is 2. The number of benzene rings is 2. The summed E-state index contributed by atoms with van der Waals surface area (Å²) in [6, 6.07) is 17.4. The topological polar surface area (TPSA) is 130 Å². The van der Waals surface area contributed by atoms with Crippen LogP contribution in [0.2, 0.25) is 0 Å². The van der Waals surface area contributed by atoms with E-state index in [9.17, 15) is 19.0 Å². The first kappa shape index (κ1) is 32.2. The number of pyridine rings is 1. The highest BCUT2D eigenvalue weighted by molar-refractivity contribution is 7.45. The van der Waals surface area contributed by atoms with Crippen LogP contribution in [0.5, 0.6) is 5.75 Å². The van der Waals surface area contributed by atoms with Gasteiger partial charge >= 0.3 is 5.97 Å². The zero-order chi connectivity index (χ0) is 31.0. The van der Waals surface area contributed by atoms with Crippen LogP contribution in [0.1, 0.15) is 26.2 Å². The molecular formula is C31H38N3O8PS. The first-order chi connectivity index (χ1) is 21.2. The van der Waals surface area contributed by atoms with Crippen molar-refractivity contribution in [1.29, 1.82) is 0 Å². The molecule has 236 valence electrons. The van der Waals surface area contributed by atoms with Gasteiger partial charge in [-0.2, -0.15) is 0 Å². The van der Waals surface area contributed by atoms with Crippen molar-refractivity contribution in [2.75, 3.05) is 64.2 Å². The highest BCUT2D eigenvalue weighted by atomic mass is 32.1. The van der Waals surface area contributed by atoms with Gasteiger partial charge in [-0.1, -0.05) is 6.07 Å². The molecule has 0 spiro atoms. The van der Waals surface area contributed by atoms with Crippen LogP contribution < -0.4 is 20.1 Å². The van der Waals surface area contributed by atoms with E-state index in [2.05, 4.69) is 39.5 Å². The fourth-order valence-corrected chi connectivity index (χ4v) is 7.06. The number of fused-ring (bicyclic) bond motifs is 2. The second-order valence-electron chi connectivity index (χ2n) is 11.0. The summed E-state index contributed by atoms with van der Waals surface area (Å²) in [7, 11) is -4.54. The third-order valence-corrected chi connectivity index (χ3v) is 9.64. The Hall–Kier alpha value is -3.25.